The first-order valence-corrected chi connectivity index (χ1v) is 3.35. The summed E-state index contributed by atoms with van der Waals surface area (Å²) < 4.78 is 4.86. The molecule has 0 aromatic rings. The Morgan fingerprint density at radius 3 is 2.90 bits per heavy atom. The molecule has 0 atom stereocenters. The van der Waals surface area contributed by atoms with E-state index in [0.717, 1.165) is 25.0 Å². The number of allylic oxidation sites excluding steroid dienone is 2. The summed E-state index contributed by atoms with van der Waals surface area (Å²) in [5.74, 6) is 0. The molecule has 0 heterocycles. The average Bonchev–Trinajstić information content (AvgIpc) is 1.89. The number of nitriles is 1. The minimum Gasteiger partial charge on any atom is -0.385 e. The summed E-state index contributed by atoms with van der Waals surface area (Å²) in [5, 5.41) is 8.24. The van der Waals surface area contributed by atoms with Gasteiger partial charge in [-0.25, -0.2) is 0 Å². The molecule has 0 rings (SSSR count). The first-order valence-electron chi connectivity index (χ1n) is 3.35. The molecule has 0 aliphatic carbocycles. The van der Waals surface area contributed by atoms with Crippen LogP contribution in [0.15, 0.2) is 11.6 Å². The molecule has 0 bridgehead atoms. The van der Waals surface area contributed by atoms with Crippen LogP contribution < -0.4 is 0 Å². The Morgan fingerprint density at radius 1 is 1.70 bits per heavy atom. The Morgan fingerprint density at radius 2 is 2.40 bits per heavy atom. The Labute approximate surface area is 62.1 Å². The quantitative estimate of drug-likeness (QED) is 0.440. The van der Waals surface area contributed by atoms with Gasteiger partial charge >= 0.3 is 0 Å². The van der Waals surface area contributed by atoms with Gasteiger partial charge < -0.3 is 4.74 Å². The molecule has 0 saturated heterocycles. The molecule has 0 aromatic carbocycles. The molecule has 0 spiro atoms. The molecule has 0 amide bonds. The van der Waals surface area contributed by atoms with Gasteiger partial charge in [0.15, 0.2) is 0 Å². The monoisotopic (exact) mass is 139 g/mol. The summed E-state index contributed by atoms with van der Waals surface area (Å²) in [4.78, 5) is 0. The lowest BCUT2D eigenvalue weighted by atomic mass is 10.2. The predicted molar refractivity (Wildman–Crippen MR) is 40.5 cm³/mol. The van der Waals surface area contributed by atoms with Gasteiger partial charge in [-0.05, 0) is 19.8 Å². The van der Waals surface area contributed by atoms with Crippen molar-refractivity contribution in [2.45, 2.75) is 19.8 Å². The van der Waals surface area contributed by atoms with Crippen molar-refractivity contribution in [2.24, 2.45) is 0 Å². The number of methoxy groups -OCH3 is 1. The highest BCUT2D eigenvalue weighted by atomic mass is 16.5. The fourth-order valence-corrected chi connectivity index (χ4v) is 0.678. The molecular formula is C8H13NO. The Kier molecular flexibility index (Phi) is 5.80. The lowest BCUT2D eigenvalue weighted by molar-refractivity contribution is 0.195. The smallest absolute Gasteiger partial charge is 0.0911 e. The molecule has 0 aliphatic rings. The van der Waals surface area contributed by atoms with E-state index < -0.39 is 0 Å². The molecule has 0 fully saturated rings. The van der Waals surface area contributed by atoms with Crippen LogP contribution in [0.1, 0.15) is 19.8 Å². The minimum atomic E-state index is 0.774. The summed E-state index contributed by atoms with van der Waals surface area (Å²) in [6.45, 7) is 2.73. The van der Waals surface area contributed by atoms with Crippen LogP contribution in [0.2, 0.25) is 0 Å². The topological polar surface area (TPSA) is 33.0 Å². The molecule has 0 saturated carbocycles. The van der Waals surface area contributed by atoms with Crippen molar-refractivity contribution in [1.29, 1.82) is 5.26 Å². The van der Waals surface area contributed by atoms with Gasteiger partial charge in [-0.2, -0.15) is 5.26 Å². The number of hydrogen-bond donors (Lipinski definition) is 0. The largest absolute Gasteiger partial charge is 0.385 e. The molecule has 10 heavy (non-hydrogen) atoms. The summed E-state index contributed by atoms with van der Waals surface area (Å²) in [5.41, 5.74) is 1.12. The van der Waals surface area contributed by atoms with E-state index in [-0.39, 0.29) is 0 Å². The highest BCUT2D eigenvalue weighted by Gasteiger charge is 1.88. The van der Waals surface area contributed by atoms with E-state index in [9.17, 15) is 0 Å². The van der Waals surface area contributed by atoms with Crippen LogP contribution in [0.5, 0.6) is 0 Å². The maximum Gasteiger partial charge on any atom is 0.0911 e. The lowest BCUT2D eigenvalue weighted by Crippen LogP contribution is -1.88. The average molecular weight is 139 g/mol. The van der Waals surface area contributed by atoms with E-state index in [1.165, 1.54) is 0 Å². The van der Waals surface area contributed by atoms with Crippen molar-refractivity contribution in [3.63, 3.8) is 0 Å². The SMILES string of the molecule is COCCC/C(C)=C/C#N. The van der Waals surface area contributed by atoms with E-state index in [2.05, 4.69) is 0 Å². The molecule has 0 radical (unpaired) electrons. The normalized spacial score (nSPS) is 11.1. The van der Waals surface area contributed by atoms with Crippen LogP contribution in [-0.2, 0) is 4.74 Å². The second kappa shape index (κ2) is 6.31. The third-order valence-electron chi connectivity index (χ3n) is 1.23. The third kappa shape index (κ3) is 5.33. The van der Waals surface area contributed by atoms with Crippen molar-refractivity contribution in [2.75, 3.05) is 13.7 Å². The van der Waals surface area contributed by atoms with Gasteiger partial charge in [0.25, 0.3) is 0 Å². The maximum atomic E-state index is 8.24. The van der Waals surface area contributed by atoms with Crippen molar-refractivity contribution in [3.05, 3.63) is 11.6 Å². The molecule has 0 unspecified atom stereocenters. The van der Waals surface area contributed by atoms with E-state index in [4.69, 9.17) is 10.00 Å². The summed E-state index contributed by atoms with van der Waals surface area (Å²) >= 11 is 0. The first-order chi connectivity index (χ1) is 4.81. The van der Waals surface area contributed by atoms with E-state index in [1.54, 1.807) is 13.2 Å². The first kappa shape index (κ1) is 9.19. The van der Waals surface area contributed by atoms with Crippen molar-refractivity contribution in [3.8, 4) is 6.07 Å². The fourth-order valence-electron chi connectivity index (χ4n) is 0.678. The van der Waals surface area contributed by atoms with Crippen LogP contribution >= 0.6 is 0 Å². The molecule has 0 aliphatic heterocycles. The van der Waals surface area contributed by atoms with E-state index in [1.807, 2.05) is 13.0 Å². The molecule has 0 aromatic heterocycles. The van der Waals surface area contributed by atoms with Gasteiger partial charge in [0.05, 0.1) is 6.07 Å². The summed E-state index contributed by atoms with van der Waals surface area (Å²) in [6, 6.07) is 1.99. The van der Waals surface area contributed by atoms with Crippen LogP contribution in [0, 0.1) is 11.3 Å². The Bertz CT molecular complexity index is 144. The number of nitrogens with zero attached hydrogens (tertiary/aromatic N) is 1. The summed E-state index contributed by atoms with van der Waals surface area (Å²) in [7, 11) is 1.68. The third-order valence-corrected chi connectivity index (χ3v) is 1.23. The Balaban J connectivity index is 3.32. The molecule has 56 valence electrons. The van der Waals surface area contributed by atoms with Crippen LogP contribution in [0.4, 0.5) is 0 Å². The lowest BCUT2D eigenvalue weighted by Gasteiger charge is -1.97. The standard InChI is InChI=1S/C8H13NO/c1-8(5-6-9)4-3-7-10-2/h5H,3-4,7H2,1-2H3/b8-5+. The maximum absolute atomic E-state index is 8.24. The van der Waals surface area contributed by atoms with Gasteiger partial charge in [0.1, 0.15) is 0 Å². The van der Waals surface area contributed by atoms with Gasteiger partial charge in [0, 0.05) is 19.8 Å². The van der Waals surface area contributed by atoms with Gasteiger partial charge in [-0.1, -0.05) is 5.57 Å². The van der Waals surface area contributed by atoms with E-state index >= 15 is 0 Å². The minimum absolute atomic E-state index is 0.774. The highest BCUT2D eigenvalue weighted by molar-refractivity contribution is 5.10. The zero-order chi connectivity index (χ0) is 7.82. The second-order valence-corrected chi connectivity index (χ2v) is 2.22. The number of rotatable bonds is 4. The molecule has 2 nitrogen and oxygen atoms in total. The van der Waals surface area contributed by atoms with Crippen LogP contribution in [-0.4, -0.2) is 13.7 Å². The zero-order valence-corrected chi connectivity index (χ0v) is 6.55. The molecule has 2 heteroatoms. The number of ether oxygens (including phenoxy) is 1. The van der Waals surface area contributed by atoms with Gasteiger partial charge in [0.2, 0.25) is 0 Å². The van der Waals surface area contributed by atoms with Crippen molar-refractivity contribution < 1.29 is 4.74 Å². The predicted octanol–water partition coefficient (Wildman–Crippen LogP) is 1.88. The van der Waals surface area contributed by atoms with Crippen molar-refractivity contribution >= 4 is 0 Å². The van der Waals surface area contributed by atoms with Gasteiger partial charge in [-0.3, -0.25) is 0 Å². The van der Waals surface area contributed by atoms with Crippen molar-refractivity contribution in [1.82, 2.24) is 0 Å². The summed E-state index contributed by atoms with van der Waals surface area (Å²) in [6.07, 6.45) is 3.54. The second-order valence-electron chi connectivity index (χ2n) is 2.22. The fraction of sp³-hybridized carbons (Fsp3) is 0.625. The zero-order valence-electron chi connectivity index (χ0n) is 6.55. The molecule has 0 N–H and O–H groups in total. The van der Waals surface area contributed by atoms with Crippen LogP contribution in [0.25, 0.3) is 0 Å². The Hall–Kier alpha value is -0.810. The van der Waals surface area contributed by atoms with E-state index in [0.29, 0.717) is 0 Å². The number of hydrogen-bond acceptors (Lipinski definition) is 2. The molecular weight excluding hydrogens is 126 g/mol. The highest BCUT2D eigenvalue weighted by Crippen LogP contribution is 2.02. The van der Waals surface area contributed by atoms with Crippen LogP contribution in [0.3, 0.4) is 0 Å². The van der Waals surface area contributed by atoms with Gasteiger partial charge in [-0.15, -0.1) is 0 Å².